The molecule has 112 valence electrons. The number of hydrogen-bond acceptors (Lipinski definition) is 3. The van der Waals surface area contributed by atoms with Crippen molar-refractivity contribution in [2.24, 2.45) is 0 Å². The molecular formula is C16H15ClN4O. The van der Waals surface area contributed by atoms with Crippen LogP contribution in [0.15, 0.2) is 36.4 Å². The lowest BCUT2D eigenvalue weighted by atomic mass is 10.1. The van der Waals surface area contributed by atoms with Gasteiger partial charge in [-0.1, -0.05) is 17.7 Å². The van der Waals surface area contributed by atoms with E-state index in [2.05, 4.69) is 15.5 Å². The van der Waals surface area contributed by atoms with E-state index in [0.29, 0.717) is 22.9 Å². The first-order valence-electron chi connectivity index (χ1n) is 6.81. The number of carbonyl (C=O) groups excluding carboxylic acids is 1. The number of carbonyl (C=O) groups is 1. The van der Waals surface area contributed by atoms with E-state index in [1.807, 2.05) is 25.1 Å². The highest BCUT2D eigenvalue weighted by molar-refractivity contribution is 6.30. The first-order valence-corrected chi connectivity index (χ1v) is 7.19. The summed E-state index contributed by atoms with van der Waals surface area (Å²) in [6.07, 6.45) is 0. The molecule has 0 saturated carbocycles. The largest absolute Gasteiger partial charge is 0.382 e. The van der Waals surface area contributed by atoms with Gasteiger partial charge in [-0.3, -0.25) is 9.89 Å². The maximum absolute atomic E-state index is 12.3. The number of aromatic amines is 1. The standard InChI is InChI=1S/C16H15ClN4O/c1-9-2-4-12(17)6-11(9)8-19-16(22)10-3-5-14-13(7-10)15(18)21-20-14/h2-7H,8H2,1H3,(H,19,22)(H3,18,20,21). The van der Waals surface area contributed by atoms with Crippen molar-refractivity contribution in [3.63, 3.8) is 0 Å². The van der Waals surface area contributed by atoms with Crippen LogP contribution in [0.1, 0.15) is 21.5 Å². The monoisotopic (exact) mass is 314 g/mol. The van der Waals surface area contributed by atoms with Gasteiger partial charge in [-0.2, -0.15) is 5.10 Å². The highest BCUT2D eigenvalue weighted by Crippen LogP contribution is 2.19. The van der Waals surface area contributed by atoms with Crippen molar-refractivity contribution in [1.82, 2.24) is 15.5 Å². The molecule has 1 heterocycles. The number of halogens is 1. The van der Waals surface area contributed by atoms with Crippen molar-refractivity contribution in [3.05, 3.63) is 58.1 Å². The van der Waals surface area contributed by atoms with Crippen molar-refractivity contribution in [3.8, 4) is 0 Å². The molecule has 22 heavy (non-hydrogen) atoms. The Labute approximate surface area is 132 Å². The number of amides is 1. The average molecular weight is 315 g/mol. The molecule has 1 aromatic heterocycles. The Hall–Kier alpha value is -2.53. The summed E-state index contributed by atoms with van der Waals surface area (Å²) >= 11 is 5.98. The predicted molar refractivity (Wildman–Crippen MR) is 87.9 cm³/mol. The fourth-order valence-corrected chi connectivity index (χ4v) is 2.48. The van der Waals surface area contributed by atoms with Gasteiger partial charge >= 0.3 is 0 Å². The van der Waals surface area contributed by atoms with Gasteiger partial charge < -0.3 is 11.1 Å². The van der Waals surface area contributed by atoms with E-state index in [0.717, 1.165) is 22.0 Å². The highest BCUT2D eigenvalue weighted by atomic mass is 35.5. The highest BCUT2D eigenvalue weighted by Gasteiger charge is 2.10. The van der Waals surface area contributed by atoms with E-state index in [1.54, 1.807) is 18.2 Å². The smallest absolute Gasteiger partial charge is 0.251 e. The average Bonchev–Trinajstić information content (AvgIpc) is 2.89. The van der Waals surface area contributed by atoms with Crippen LogP contribution in [0.5, 0.6) is 0 Å². The Morgan fingerprint density at radius 1 is 1.32 bits per heavy atom. The van der Waals surface area contributed by atoms with Gasteiger partial charge in [0.2, 0.25) is 0 Å². The first-order chi connectivity index (χ1) is 10.5. The minimum Gasteiger partial charge on any atom is -0.382 e. The Kier molecular flexibility index (Phi) is 3.73. The zero-order valence-corrected chi connectivity index (χ0v) is 12.7. The molecule has 0 unspecified atom stereocenters. The number of nitrogens with one attached hydrogen (secondary N) is 2. The molecule has 0 saturated heterocycles. The van der Waals surface area contributed by atoms with Gasteiger partial charge in [0.15, 0.2) is 5.82 Å². The summed E-state index contributed by atoms with van der Waals surface area (Å²) in [5, 5.41) is 11.0. The van der Waals surface area contributed by atoms with E-state index in [9.17, 15) is 4.79 Å². The van der Waals surface area contributed by atoms with Crippen molar-refractivity contribution in [2.75, 3.05) is 5.73 Å². The number of H-pyrrole nitrogens is 1. The van der Waals surface area contributed by atoms with Crippen LogP contribution in [0, 0.1) is 6.92 Å². The third-order valence-corrected chi connectivity index (χ3v) is 3.84. The lowest BCUT2D eigenvalue weighted by Crippen LogP contribution is -2.23. The predicted octanol–water partition coefficient (Wildman–Crippen LogP) is 3.04. The molecule has 4 N–H and O–H groups in total. The molecule has 3 rings (SSSR count). The number of nitrogens with two attached hydrogens (primary N) is 1. The van der Waals surface area contributed by atoms with E-state index >= 15 is 0 Å². The summed E-state index contributed by atoms with van der Waals surface area (Å²) in [5.41, 5.74) is 9.18. The second kappa shape index (κ2) is 5.69. The van der Waals surface area contributed by atoms with E-state index in [-0.39, 0.29) is 5.91 Å². The summed E-state index contributed by atoms with van der Waals surface area (Å²) < 4.78 is 0. The number of fused-ring (bicyclic) bond motifs is 1. The molecule has 3 aromatic rings. The van der Waals surface area contributed by atoms with Gasteiger partial charge in [-0.25, -0.2) is 0 Å². The SMILES string of the molecule is Cc1ccc(Cl)cc1CNC(=O)c1ccc2[nH]nc(N)c2c1. The summed E-state index contributed by atoms with van der Waals surface area (Å²) in [7, 11) is 0. The zero-order valence-electron chi connectivity index (χ0n) is 12.0. The lowest BCUT2D eigenvalue weighted by molar-refractivity contribution is 0.0951. The van der Waals surface area contributed by atoms with Crippen LogP contribution in [0.4, 0.5) is 5.82 Å². The minimum atomic E-state index is -0.165. The molecule has 0 radical (unpaired) electrons. The number of rotatable bonds is 3. The van der Waals surface area contributed by atoms with E-state index in [4.69, 9.17) is 17.3 Å². The Balaban J connectivity index is 1.78. The van der Waals surface area contributed by atoms with Crippen LogP contribution in [-0.4, -0.2) is 16.1 Å². The second-order valence-electron chi connectivity index (χ2n) is 5.12. The summed E-state index contributed by atoms with van der Waals surface area (Å²) in [6, 6.07) is 10.9. The van der Waals surface area contributed by atoms with Crippen LogP contribution in [0.25, 0.3) is 10.9 Å². The number of anilines is 1. The maximum Gasteiger partial charge on any atom is 0.251 e. The lowest BCUT2D eigenvalue weighted by Gasteiger charge is -2.09. The quantitative estimate of drug-likeness (QED) is 0.694. The number of benzene rings is 2. The number of aryl methyl sites for hydroxylation is 1. The molecule has 1 amide bonds. The van der Waals surface area contributed by atoms with Crippen molar-refractivity contribution in [1.29, 1.82) is 0 Å². The Bertz CT molecular complexity index is 856. The molecule has 0 aliphatic rings. The van der Waals surface area contributed by atoms with Gasteiger partial charge in [-0.15, -0.1) is 0 Å². The van der Waals surface area contributed by atoms with Crippen molar-refractivity contribution < 1.29 is 4.79 Å². The fourth-order valence-electron chi connectivity index (χ4n) is 2.28. The van der Waals surface area contributed by atoms with Crippen LogP contribution in [-0.2, 0) is 6.54 Å². The summed E-state index contributed by atoms with van der Waals surface area (Å²) in [4.78, 5) is 12.3. The van der Waals surface area contributed by atoms with Gasteiger partial charge in [0.1, 0.15) is 0 Å². The normalized spacial score (nSPS) is 10.8. The number of hydrogen-bond donors (Lipinski definition) is 3. The number of nitrogen functional groups attached to an aromatic ring is 1. The molecule has 0 aliphatic heterocycles. The maximum atomic E-state index is 12.3. The fraction of sp³-hybridized carbons (Fsp3) is 0.125. The topological polar surface area (TPSA) is 83.8 Å². The minimum absolute atomic E-state index is 0.165. The zero-order chi connectivity index (χ0) is 15.7. The summed E-state index contributed by atoms with van der Waals surface area (Å²) in [6.45, 7) is 2.40. The Morgan fingerprint density at radius 3 is 2.95 bits per heavy atom. The number of nitrogens with zero attached hydrogens (tertiary/aromatic N) is 1. The van der Waals surface area contributed by atoms with Gasteiger partial charge in [0.05, 0.1) is 5.52 Å². The molecular weight excluding hydrogens is 300 g/mol. The second-order valence-corrected chi connectivity index (χ2v) is 5.56. The molecule has 0 fully saturated rings. The molecule has 6 heteroatoms. The molecule has 0 spiro atoms. The Morgan fingerprint density at radius 2 is 2.14 bits per heavy atom. The number of aromatic nitrogens is 2. The van der Waals surface area contributed by atoms with Crippen LogP contribution in [0.3, 0.4) is 0 Å². The van der Waals surface area contributed by atoms with E-state index in [1.165, 1.54) is 0 Å². The van der Waals surface area contributed by atoms with Gasteiger partial charge in [0.25, 0.3) is 5.91 Å². The van der Waals surface area contributed by atoms with E-state index < -0.39 is 0 Å². The molecule has 0 aliphatic carbocycles. The van der Waals surface area contributed by atoms with Crippen LogP contribution < -0.4 is 11.1 Å². The van der Waals surface area contributed by atoms with Crippen LogP contribution in [0.2, 0.25) is 5.02 Å². The third kappa shape index (κ3) is 2.76. The first kappa shape index (κ1) is 14.4. The van der Waals surface area contributed by atoms with Gasteiger partial charge in [-0.05, 0) is 48.4 Å². The van der Waals surface area contributed by atoms with Crippen molar-refractivity contribution in [2.45, 2.75) is 13.5 Å². The molecule has 0 bridgehead atoms. The third-order valence-electron chi connectivity index (χ3n) is 3.61. The van der Waals surface area contributed by atoms with Crippen molar-refractivity contribution >= 4 is 34.2 Å². The molecule has 0 atom stereocenters. The summed E-state index contributed by atoms with van der Waals surface area (Å²) in [5.74, 6) is 0.220. The van der Waals surface area contributed by atoms with Crippen LogP contribution >= 0.6 is 11.6 Å². The molecule has 2 aromatic carbocycles. The molecule has 5 nitrogen and oxygen atoms in total. The van der Waals surface area contributed by atoms with Gasteiger partial charge in [0, 0.05) is 22.5 Å².